The lowest BCUT2D eigenvalue weighted by Crippen LogP contribution is -2.06. The van der Waals surface area contributed by atoms with E-state index in [0.29, 0.717) is 12.5 Å². The molecule has 0 saturated carbocycles. The van der Waals surface area contributed by atoms with Crippen LogP contribution in [0.3, 0.4) is 0 Å². The van der Waals surface area contributed by atoms with Gasteiger partial charge in [-0.05, 0) is 56.7 Å². The van der Waals surface area contributed by atoms with E-state index in [0.717, 1.165) is 34.7 Å². The first-order valence-electron chi connectivity index (χ1n) is 6.60. The number of aryl methyl sites for hydroxylation is 1. The van der Waals surface area contributed by atoms with Crippen molar-refractivity contribution in [2.75, 3.05) is 6.61 Å². The molecule has 2 heteroatoms. The number of ether oxygens (including phenoxy) is 1. The topological polar surface area (TPSA) is 9.23 Å². The van der Waals surface area contributed by atoms with Gasteiger partial charge in [0.25, 0.3) is 0 Å². The molecule has 100 valence electrons. The van der Waals surface area contributed by atoms with Gasteiger partial charge in [-0.15, -0.1) is 6.58 Å². The maximum absolute atomic E-state index is 6.37. The molecule has 0 aliphatic rings. The maximum atomic E-state index is 6.37. The molecule has 1 unspecified atom stereocenters. The van der Waals surface area contributed by atoms with Crippen molar-refractivity contribution in [2.45, 2.75) is 46.5 Å². The van der Waals surface area contributed by atoms with E-state index < -0.39 is 0 Å². The van der Waals surface area contributed by atoms with Crippen molar-refractivity contribution in [3.8, 4) is 5.75 Å². The van der Waals surface area contributed by atoms with Gasteiger partial charge >= 0.3 is 0 Å². The van der Waals surface area contributed by atoms with Crippen molar-refractivity contribution in [2.24, 2.45) is 0 Å². The van der Waals surface area contributed by atoms with Crippen LogP contribution in [0.4, 0.5) is 0 Å². The summed E-state index contributed by atoms with van der Waals surface area (Å²) in [6.07, 6.45) is 3.99. The first-order valence-corrected chi connectivity index (χ1v) is 6.97. The summed E-state index contributed by atoms with van der Waals surface area (Å²) >= 11 is 6.37. The van der Waals surface area contributed by atoms with Crippen molar-refractivity contribution in [1.82, 2.24) is 0 Å². The summed E-state index contributed by atoms with van der Waals surface area (Å²) in [6, 6.07) is 2.06. The fourth-order valence-corrected chi connectivity index (χ4v) is 2.57. The van der Waals surface area contributed by atoms with E-state index in [1.54, 1.807) is 0 Å². The van der Waals surface area contributed by atoms with Crippen LogP contribution in [-0.2, 0) is 0 Å². The molecular weight excluding hydrogens is 244 g/mol. The smallest absolute Gasteiger partial charge is 0.123 e. The molecule has 0 aliphatic heterocycles. The summed E-state index contributed by atoms with van der Waals surface area (Å²) in [6.45, 7) is 12.8. The highest BCUT2D eigenvalue weighted by Gasteiger charge is 2.19. The number of benzene rings is 1. The van der Waals surface area contributed by atoms with Crippen LogP contribution in [0.2, 0.25) is 5.02 Å². The van der Waals surface area contributed by atoms with Gasteiger partial charge in [0.15, 0.2) is 0 Å². The Morgan fingerprint density at radius 3 is 2.56 bits per heavy atom. The molecule has 1 atom stereocenters. The summed E-state index contributed by atoms with van der Waals surface area (Å²) in [5.74, 6) is 1.41. The van der Waals surface area contributed by atoms with Gasteiger partial charge in [0.2, 0.25) is 0 Å². The van der Waals surface area contributed by atoms with Crippen molar-refractivity contribution in [3.05, 3.63) is 40.4 Å². The van der Waals surface area contributed by atoms with Crippen molar-refractivity contribution in [1.29, 1.82) is 0 Å². The van der Waals surface area contributed by atoms with Crippen LogP contribution in [0, 0.1) is 13.8 Å². The average Bonchev–Trinajstić information content (AvgIpc) is 2.35. The largest absolute Gasteiger partial charge is 0.494 e. The molecule has 1 rings (SSSR count). The van der Waals surface area contributed by atoms with E-state index in [-0.39, 0.29) is 0 Å². The fraction of sp³-hybridized carbons (Fsp3) is 0.500. The fourth-order valence-electron chi connectivity index (χ4n) is 2.41. The SMILES string of the molecule is C=CCC(CC)c1c(OCC)cc(C)c(Cl)c1C. The van der Waals surface area contributed by atoms with E-state index in [9.17, 15) is 0 Å². The van der Waals surface area contributed by atoms with Gasteiger partial charge in [0.05, 0.1) is 6.61 Å². The third kappa shape index (κ3) is 3.08. The lowest BCUT2D eigenvalue weighted by atomic mass is 9.88. The minimum absolute atomic E-state index is 0.433. The third-order valence-corrected chi connectivity index (χ3v) is 3.93. The molecule has 0 fully saturated rings. The predicted octanol–water partition coefficient (Wildman–Crippen LogP) is 5.43. The molecule has 1 aromatic rings. The zero-order valence-electron chi connectivity index (χ0n) is 11.8. The zero-order chi connectivity index (χ0) is 13.7. The van der Waals surface area contributed by atoms with Crippen LogP contribution in [0.25, 0.3) is 0 Å². The molecule has 0 spiro atoms. The van der Waals surface area contributed by atoms with E-state index in [1.165, 1.54) is 5.56 Å². The molecule has 0 heterocycles. The van der Waals surface area contributed by atoms with E-state index in [2.05, 4.69) is 26.5 Å². The quantitative estimate of drug-likeness (QED) is 0.624. The lowest BCUT2D eigenvalue weighted by molar-refractivity contribution is 0.333. The van der Waals surface area contributed by atoms with Crippen LogP contribution in [0.1, 0.15) is 49.3 Å². The molecule has 0 aromatic heterocycles. The van der Waals surface area contributed by atoms with Gasteiger partial charge in [-0.3, -0.25) is 0 Å². The molecule has 0 aliphatic carbocycles. The average molecular weight is 267 g/mol. The first kappa shape index (κ1) is 15.1. The summed E-state index contributed by atoms with van der Waals surface area (Å²) in [5.41, 5.74) is 3.47. The molecule has 0 radical (unpaired) electrons. The summed E-state index contributed by atoms with van der Waals surface area (Å²) < 4.78 is 5.79. The molecule has 1 aromatic carbocycles. The van der Waals surface area contributed by atoms with Crippen LogP contribution < -0.4 is 4.74 Å². The molecule has 0 bridgehead atoms. The lowest BCUT2D eigenvalue weighted by Gasteiger charge is -2.22. The second-order valence-corrected chi connectivity index (χ2v) is 4.98. The van der Waals surface area contributed by atoms with Crippen LogP contribution in [0.5, 0.6) is 5.75 Å². The highest BCUT2D eigenvalue weighted by atomic mass is 35.5. The van der Waals surface area contributed by atoms with Crippen LogP contribution >= 0.6 is 11.6 Å². The normalized spacial score (nSPS) is 12.3. The monoisotopic (exact) mass is 266 g/mol. The Labute approximate surface area is 116 Å². The Bertz CT molecular complexity index is 424. The zero-order valence-corrected chi connectivity index (χ0v) is 12.6. The Balaban J connectivity index is 3.36. The molecule has 0 N–H and O–H groups in total. The van der Waals surface area contributed by atoms with Gasteiger partial charge in [0.1, 0.15) is 5.75 Å². The molecule has 0 saturated heterocycles. The highest BCUT2D eigenvalue weighted by molar-refractivity contribution is 6.32. The second-order valence-electron chi connectivity index (χ2n) is 4.61. The minimum atomic E-state index is 0.433. The highest BCUT2D eigenvalue weighted by Crippen LogP contribution is 2.39. The van der Waals surface area contributed by atoms with Gasteiger partial charge in [0, 0.05) is 10.6 Å². The molecular formula is C16H23ClO. The Hall–Kier alpha value is -0.950. The first-order chi connectivity index (χ1) is 8.56. The number of allylic oxidation sites excluding steroid dienone is 1. The van der Waals surface area contributed by atoms with Crippen LogP contribution in [-0.4, -0.2) is 6.61 Å². The van der Waals surface area contributed by atoms with E-state index in [4.69, 9.17) is 16.3 Å². The molecule has 18 heavy (non-hydrogen) atoms. The van der Waals surface area contributed by atoms with Crippen molar-refractivity contribution >= 4 is 11.6 Å². The number of hydrogen-bond acceptors (Lipinski definition) is 1. The number of rotatable bonds is 6. The van der Waals surface area contributed by atoms with Gasteiger partial charge in [-0.25, -0.2) is 0 Å². The molecule has 1 nitrogen and oxygen atoms in total. The predicted molar refractivity (Wildman–Crippen MR) is 79.9 cm³/mol. The summed E-state index contributed by atoms with van der Waals surface area (Å²) in [7, 11) is 0. The van der Waals surface area contributed by atoms with E-state index in [1.807, 2.05) is 19.9 Å². The number of hydrogen-bond donors (Lipinski definition) is 0. The Kier molecular flexibility index (Phi) is 5.74. The van der Waals surface area contributed by atoms with Gasteiger partial charge in [-0.1, -0.05) is 24.6 Å². The maximum Gasteiger partial charge on any atom is 0.123 e. The number of halogens is 1. The van der Waals surface area contributed by atoms with Gasteiger partial charge < -0.3 is 4.74 Å². The standard InChI is InChI=1S/C16H23ClO/c1-6-9-13(7-2)15-12(5)16(17)11(4)10-14(15)18-8-3/h6,10,13H,1,7-9H2,2-5H3. The second kappa shape index (κ2) is 6.84. The van der Waals surface area contributed by atoms with E-state index >= 15 is 0 Å². The summed E-state index contributed by atoms with van der Waals surface area (Å²) in [4.78, 5) is 0. The Morgan fingerprint density at radius 2 is 2.06 bits per heavy atom. The minimum Gasteiger partial charge on any atom is -0.494 e. The van der Waals surface area contributed by atoms with Crippen LogP contribution in [0.15, 0.2) is 18.7 Å². The Morgan fingerprint density at radius 1 is 1.39 bits per heavy atom. The van der Waals surface area contributed by atoms with Gasteiger partial charge in [-0.2, -0.15) is 0 Å². The molecule has 0 amide bonds. The summed E-state index contributed by atoms with van der Waals surface area (Å²) in [5, 5.41) is 0.857. The van der Waals surface area contributed by atoms with Crippen molar-refractivity contribution in [3.63, 3.8) is 0 Å². The third-order valence-electron chi connectivity index (χ3n) is 3.34. The van der Waals surface area contributed by atoms with Crippen molar-refractivity contribution < 1.29 is 4.74 Å².